The third-order valence-corrected chi connectivity index (χ3v) is 4.98. The number of pyridine rings is 1. The molecule has 0 spiro atoms. The van der Waals surface area contributed by atoms with Gasteiger partial charge in [0.25, 0.3) is 5.91 Å². The van der Waals surface area contributed by atoms with Crippen LogP contribution < -0.4 is 4.90 Å². The van der Waals surface area contributed by atoms with Gasteiger partial charge >= 0.3 is 5.51 Å². The molecule has 138 valence electrons. The minimum atomic E-state index is -4.44. The molecular weight excluding hydrogens is 387 g/mol. The zero-order valence-electron chi connectivity index (χ0n) is 13.5. The van der Waals surface area contributed by atoms with Crippen LogP contribution in [0.15, 0.2) is 47.5 Å². The van der Waals surface area contributed by atoms with E-state index in [2.05, 4.69) is 4.98 Å². The molecule has 9 heteroatoms. The Bertz CT molecular complexity index is 778. The van der Waals surface area contributed by atoms with Crippen molar-refractivity contribution in [2.75, 3.05) is 31.1 Å². The predicted molar refractivity (Wildman–Crippen MR) is 95.7 cm³/mol. The van der Waals surface area contributed by atoms with Crippen molar-refractivity contribution in [2.24, 2.45) is 0 Å². The second kappa shape index (κ2) is 7.75. The second-order valence-electron chi connectivity index (χ2n) is 5.66. The summed E-state index contributed by atoms with van der Waals surface area (Å²) in [4.78, 5) is 20.4. The highest BCUT2D eigenvalue weighted by molar-refractivity contribution is 8.00. The minimum absolute atomic E-state index is 0.0768. The SMILES string of the molecule is O=C(c1ccccc1SC(F)(F)F)N1CCN(c2ccc(Cl)cn2)CC1. The van der Waals surface area contributed by atoms with E-state index in [1.807, 2.05) is 4.90 Å². The van der Waals surface area contributed by atoms with Crippen LogP contribution in [0.3, 0.4) is 0 Å². The minimum Gasteiger partial charge on any atom is -0.353 e. The molecule has 3 rings (SSSR count). The number of thioether (sulfide) groups is 1. The van der Waals surface area contributed by atoms with Gasteiger partial charge in [0, 0.05) is 37.3 Å². The van der Waals surface area contributed by atoms with E-state index in [1.165, 1.54) is 18.2 Å². The largest absolute Gasteiger partial charge is 0.446 e. The van der Waals surface area contributed by atoms with Gasteiger partial charge in [-0.3, -0.25) is 4.79 Å². The van der Waals surface area contributed by atoms with E-state index in [-0.39, 0.29) is 28.1 Å². The van der Waals surface area contributed by atoms with Crippen molar-refractivity contribution in [3.8, 4) is 0 Å². The lowest BCUT2D eigenvalue weighted by atomic mass is 10.2. The van der Waals surface area contributed by atoms with Crippen LogP contribution in [0.2, 0.25) is 5.02 Å². The summed E-state index contributed by atoms with van der Waals surface area (Å²) in [6.07, 6.45) is 1.55. The van der Waals surface area contributed by atoms with E-state index in [0.29, 0.717) is 31.2 Å². The van der Waals surface area contributed by atoms with E-state index in [1.54, 1.807) is 29.3 Å². The van der Waals surface area contributed by atoms with Crippen molar-refractivity contribution in [1.82, 2.24) is 9.88 Å². The first-order chi connectivity index (χ1) is 12.3. The summed E-state index contributed by atoms with van der Waals surface area (Å²) in [6.45, 7) is 1.92. The van der Waals surface area contributed by atoms with Crippen molar-refractivity contribution in [3.05, 3.63) is 53.2 Å². The Balaban J connectivity index is 1.68. The highest BCUT2D eigenvalue weighted by atomic mass is 35.5. The van der Waals surface area contributed by atoms with Crippen molar-refractivity contribution < 1.29 is 18.0 Å². The average Bonchev–Trinajstić information content (AvgIpc) is 2.61. The fraction of sp³-hybridized carbons (Fsp3) is 0.294. The first kappa shape index (κ1) is 18.8. The summed E-state index contributed by atoms with van der Waals surface area (Å²) in [6, 6.07) is 9.36. The topological polar surface area (TPSA) is 36.4 Å². The number of hydrogen-bond donors (Lipinski definition) is 0. The molecule has 1 fully saturated rings. The van der Waals surface area contributed by atoms with Gasteiger partial charge < -0.3 is 9.80 Å². The molecule has 0 radical (unpaired) electrons. The maximum absolute atomic E-state index is 12.7. The fourth-order valence-corrected chi connectivity index (χ4v) is 3.49. The van der Waals surface area contributed by atoms with Crippen LogP contribution in [0.4, 0.5) is 19.0 Å². The van der Waals surface area contributed by atoms with Gasteiger partial charge in [0.1, 0.15) is 5.82 Å². The van der Waals surface area contributed by atoms with Crippen LogP contribution in [0.5, 0.6) is 0 Å². The van der Waals surface area contributed by atoms with Crippen LogP contribution in [0, 0.1) is 0 Å². The number of nitrogens with zero attached hydrogens (tertiary/aromatic N) is 3. The summed E-state index contributed by atoms with van der Waals surface area (Å²) >= 11 is 5.57. The van der Waals surface area contributed by atoms with E-state index in [9.17, 15) is 18.0 Å². The van der Waals surface area contributed by atoms with Gasteiger partial charge in [0.05, 0.1) is 10.6 Å². The summed E-state index contributed by atoms with van der Waals surface area (Å²) in [5.41, 5.74) is -4.36. The smallest absolute Gasteiger partial charge is 0.353 e. The van der Waals surface area contributed by atoms with E-state index in [4.69, 9.17) is 11.6 Å². The number of halogens is 4. The highest BCUT2D eigenvalue weighted by Crippen LogP contribution is 2.38. The van der Waals surface area contributed by atoms with Crippen LogP contribution in [-0.4, -0.2) is 47.5 Å². The summed E-state index contributed by atoms with van der Waals surface area (Å²) in [5, 5.41) is 0.543. The lowest BCUT2D eigenvalue weighted by Crippen LogP contribution is -2.49. The van der Waals surface area contributed by atoms with Crippen molar-refractivity contribution in [3.63, 3.8) is 0 Å². The zero-order valence-corrected chi connectivity index (χ0v) is 15.1. The first-order valence-corrected chi connectivity index (χ1v) is 9.03. The molecule has 0 unspecified atom stereocenters. The van der Waals surface area contributed by atoms with Gasteiger partial charge in [-0.25, -0.2) is 4.98 Å². The van der Waals surface area contributed by atoms with Gasteiger partial charge in [-0.05, 0) is 36.0 Å². The molecule has 4 nitrogen and oxygen atoms in total. The molecule has 0 saturated carbocycles. The number of rotatable bonds is 3. The molecule has 1 aromatic heterocycles. The quantitative estimate of drug-likeness (QED) is 0.718. The maximum Gasteiger partial charge on any atom is 0.446 e. The molecule has 1 amide bonds. The average molecular weight is 402 g/mol. The number of aromatic nitrogens is 1. The Kier molecular flexibility index (Phi) is 5.62. The molecule has 1 aromatic carbocycles. The van der Waals surface area contributed by atoms with Gasteiger partial charge in [-0.2, -0.15) is 13.2 Å². The predicted octanol–water partition coefficient (Wildman–Crippen LogP) is 4.31. The first-order valence-electron chi connectivity index (χ1n) is 7.84. The summed E-state index contributed by atoms with van der Waals surface area (Å²) < 4.78 is 38.1. The van der Waals surface area contributed by atoms with Crippen LogP contribution >= 0.6 is 23.4 Å². The Morgan fingerprint density at radius 3 is 2.38 bits per heavy atom. The standard InChI is InChI=1S/C17H15ClF3N3OS/c18-12-5-6-15(22-11-12)23-7-9-24(10-8-23)16(25)13-3-1-2-4-14(13)26-17(19,20)21/h1-6,11H,7-10H2. The lowest BCUT2D eigenvalue weighted by Gasteiger charge is -2.35. The molecule has 2 aromatic rings. The van der Waals surface area contributed by atoms with Crippen LogP contribution in [0.25, 0.3) is 0 Å². The Labute approximate surface area is 157 Å². The number of anilines is 1. The Hall–Kier alpha value is -1.93. The fourth-order valence-electron chi connectivity index (χ4n) is 2.72. The molecule has 26 heavy (non-hydrogen) atoms. The number of benzene rings is 1. The molecule has 0 atom stereocenters. The molecule has 1 aliphatic heterocycles. The number of amides is 1. The molecular formula is C17H15ClF3N3OS. The van der Waals surface area contributed by atoms with Gasteiger partial charge in [-0.15, -0.1) is 0 Å². The third kappa shape index (κ3) is 4.62. The number of carbonyl (C=O) groups is 1. The zero-order chi connectivity index (χ0) is 18.7. The van der Waals surface area contributed by atoms with Crippen LogP contribution in [-0.2, 0) is 0 Å². The van der Waals surface area contributed by atoms with Crippen molar-refractivity contribution in [2.45, 2.75) is 10.4 Å². The number of carbonyl (C=O) groups excluding carboxylic acids is 1. The monoisotopic (exact) mass is 401 g/mol. The van der Waals surface area contributed by atoms with Gasteiger partial charge in [0.2, 0.25) is 0 Å². The van der Waals surface area contributed by atoms with E-state index < -0.39 is 5.51 Å². The van der Waals surface area contributed by atoms with Crippen molar-refractivity contribution >= 4 is 35.1 Å². The van der Waals surface area contributed by atoms with E-state index >= 15 is 0 Å². The number of hydrogen-bond acceptors (Lipinski definition) is 4. The van der Waals surface area contributed by atoms with Gasteiger partial charge in [-0.1, -0.05) is 23.7 Å². The Morgan fingerprint density at radius 1 is 1.08 bits per heavy atom. The maximum atomic E-state index is 12.7. The molecule has 1 saturated heterocycles. The number of piperazine rings is 1. The molecule has 0 bridgehead atoms. The van der Waals surface area contributed by atoms with Gasteiger partial charge in [0.15, 0.2) is 0 Å². The third-order valence-electron chi connectivity index (χ3n) is 3.95. The Morgan fingerprint density at radius 2 is 1.77 bits per heavy atom. The normalized spacial score (nSPS) is 15.2. The summed E-state index contributed by atoms with van der Waals surface area (Å²) in [5.74, 6) is 0.371. The second-order valence-corrected chi connectivity index (χ2v) is 7.20. The van der Waals surface area contributed by atoms with E-state index in [0.717, 1.165) is 5.82 Å². The van der Waals surface area contributed by atoms with Crippen molar-refractivity contribution in [1.29, 1.82) is 0 Å². The molecule has 0 aliphatic carbocycles. The number of alkyl halides is 3. The summed E-state index contributed by atoms with van der Waals surface area (Å²) in [7, 11) is 0. The lowest BCUT2D eigenvalue weighted by molar-refractivity contribution is -0.0328. The highest BCUT2D eigenvalue weighted by Gasteiger charge is 2.32. The van der Waals surface area contributed by atoms with Crippen LogP contribution in [0.1, 0.15) is 10.4 Å². The molecule has 0 N–H and O–H groups in total. The molecule has 1 aliphatic rings. The molecule has 2 heterocycles.